The van der Waals surface area contributed by atoms with E-state index in [9.17, 15) is 9.59 Å². The Morgan fingerprint density at radius 3 is 2.44 bits per heavy atom. The van der Waals surface area contributed by atoms with Crippen LogP contribution in [-0.4, -0.2) is 29.8 Å². The molecule has 2 aromatic carbocycles. The molecule has 1 aliphatic heterocycles. The molecule has 0 bridgehead atoms. The number of thiophene rings is 1. The molecule has 1 aromatic heterocycles. The third kappa shape index (κ3) is 6.05. The van der Waals surface area contributed by atoms with Gasteiger partial charge in [0.2, 0.25) is 0 Å². The lowest BCUT2D eigenvalue weighted by molar-refractivity contribution is 0.0953. The number of piperidine rings is 1. The molecule has 1 saturated heterocycles. The predicted molar refractivity (Wildman–Crippen MR) is 130 cm³/mol. The van der Waals surface area contributed by atoms with Crippen molar-refractivity contribution in [2.45, 2.75) is 32.9 Å². The average molecular weight is 448 g/mol. The molecule has 1 aliphatic rings. The zero-order valence-electron chi connectivity index (χ0n) is 18.3. The summed E-state index contributed by atoms with van der Waals surface area (Å²) in [7, 11) is 0. The average Bonchev–Trinajstić information content (AvgIpc) is 3.34. The number of hydrogen-bond acceptors (Lipinski definition) is 4. The van der Waals surface area contributed by atoms with E-state index in [0.29, 0.717) is 17.0 Å². The van der Waals surface area contributed by atoms with Gasteiger partial charge >= 0.3 is 0 Å². The molecule has 2 amide bonds. The number of benzene rings is 2. The third-order valence-electron chi connectivity index (χ3n) is 5.77. The highest BCUT2D eigenvalue weighted by Crippen LogP contribution is 2.19. The first-order valence-corrected chi connectivity index (χ1v) is 12.0. The van der Waals surface area contributed by atoms with Crippen molar-refractivity contribution < 1.29 is 9.59 Å². The van der Waals surface area contributed by atoms with Crippen molar-refractivity contribution in [3.8, 4) is 0 Å². The van der Waals surface area contributed by atoms with Gasteiger partial charge in [0.15, 0.2) is 0 Å². The third-order valence-corrected chi connectivity index (χ3v) is 6.64. The van der Waals surface area contributed by atoms with Gasteiger partial charge in [-0.1, -0.05) is 37.3 Å². The summed E-state index contributed by atoms with van der Waals surface area (Å²) in [5.41, 5.74) is 3.59. The molecule has 0 spiro atoms. The first-order valence-electron chi connectivity index (χ1n) is 11.1. The Hall–Kier alpha value is -2.96. The molecular formula is C26H29N3O2S. The van der Waals surface area contributed by atoms with Gasteiger partial charge in [-0.05, 0) is 72.1 Å². The molecule has 1 unspecified atom stereocenters. The predicted octanol–water partition coefficient (Wildman–Crippen LogP) is 5.16. The first kappa shape index (κ1) is 22.2. The van der Waals surface area contributed by atoms with Crippen LogP contribution >= 0.6 is 11.3 Å². The molecule has 166 valence electrons. The molecule has 5 nitrogen and oxygen atoms in total. The molecule has 0 radical (unpaired) electrons. The zero-order chi connectivity index (χ0) is 22.3. The Kier molecular flexibility index (Phi) is 7.35. The van der Waals surface area contributed by atoms with Crippen LogP contribution in [0.15, 0.2) is 66.0 Å². The second-order valence-corrected chi connectivity index (χ2v) is 9.44. The maximum Gasteiger partial charge on any atom is 0.261 e. The van der Waals surface area contributed by atoms with Gasteiger partial charge < -0.3 is 10.6 Å². The van der Waals surface area contributed by atoms with Crippen LogP contribution in [0.5, 0.6) is 0 Å². The Morgan fingerprint density at radius 1 is 1.00 bits per heavy atom. The van der Waals surface area contributed by atoms with Crippen LogP contribution < -0.4 is 10.6 Å². The lowest BCUT2D eigenvalue weighted by Crippen LogP contribution is -2.33. The number of carbonyl (C=O) groups excluding carboxylic acids is 2. The summed E-state index contributed by atoms with van der Waals surface area (Å²) in [6, 6.07) is 19.1. The number of likely N-dealkylation sites (tertiary alicyclic amines) is 1. The smallest absolute Gasteiger partial charge is 0.261 e. The number of nitrogens with one attached hydrogen (secondary N) is 2. The van der Waals surface area contributed by atoms with Crippen LogP contribution in [0.1, 0.15) is 50.9 Å². The lowest BCUT2D eigenvalue weighted by atomic mass is 10.00. The molecule has 0 saturated carbocycles. The van der Waals surface area contributed by atoms with E-state index in [4.69, 9.17) is 0 Å². The topological polar surface area (TPSA) is 61.4 Å². The van der Waals surface area contributed by atoms with Crippen molar-refractivity contribution >= 4 is 28.8 Å². The van der Waals surface area contributed by atoms with Gasteiger partial charge in [-0.2, -0.15) is 0 Å². The minimum absolute atomic E-state index is 0.0833. The number of nitrogens with zero attached hydrogens (tertiary/aromatic N) is 1. The van der Waals surface area contributed by atoms with Crippen molar-refractivity contribution in [2.75, 3.05) is 18.4 Å². The second kappa shape index (κ2) is 10.6. The molecule has 1 fully saturated rings. The summed E-state index contributed by atoms with van der Waals surface area (Å²) in [6.45, 7) is 6.03. The zero-order valence-corrected chi connectivity index (χ0v) is 19.2. The van der Waals surface area contributed by atoms with Gasteiger partial charge in [0.05, 0.1) is 4.88 Å². The van der Waals surface area contributed by atoms with Crippen molar-refractivity contribution in [1.82, 2.24) is 10.2 Å². The van der Waals surface area contributed by atoms with Gasteiger partial charge in [0, 0.05) is 30.9 Å². The lowest BCUT2D eigenvalue weighted by Gasteiger charge is -2.30. The van der Waals surface area contributed by atoms with Gasteiger partial charge in [-0.25, -0.2) is 0 Å². The number of hydrogen-bond donors (Lipinski definition) is 2. The minimum atomic E-state index is -0.142. The Morgan fingerprint density at radius 2 is 1.75 bits per heavy atom. The number of amides is 2. The second-order valence-electron chi connectivity index (χ2n) is 8.49. The van der Waals surface area contributed by atoms with E-state index in [2.05, 4.69) is 34.6 Å². The molecule has 2 heterocycles. The van der Waals surface area contributed by atoms with E-state index in [0.717, 1.165) is 36.8 Å². The van der Waals surface area contributed by atoms with E-state index >= 15 is 0 Å². The molecule has 4 rings (SSSR count). The van der Waals surface area contributed by atoms with Crippen LogP contribution in [0.4, 0.5) is 5.69 Å². The first-order chi connectivity index (χ1) is 15.6. The molecule has 2 N–H and O–H groups in total. The largest absolute Gasteiger partial charge is 0.347 e. The van der Waals surface area contributed by atoms with Crippen LogP contribution in [0, 0.1) is 5.92 Å². The number of carbonyl (C=O) groups is 2. The summed E-state index contributed by atoms with van der Waals surface area (Å²) < 4.78 is 0. The van der Waals surface area contributed by atoms with Crippen LogP contribution in [-0.2, 0) is 13.1 Å². The summed E-state index contributed by atoms with van der Waals surface area (Å²) in [6.07, 6.45) is 2.60. The number of anilines is 1. The molecule has 0 aliphatic carbocycles. The fourth-order valence-electron chi connectivity index (χ4n) is 4.04. The fourth-order valence-corrected chi connectivity index (χ4v) is 4.68. The van der Waals surface area contributed by atoms with Gasteiger partial charge in [0.1, 0.15) is 0 Å². The Labute approximate surface area is 193 Å². The molecular weight excluding hydrogens is 418 g/mol. The van der Waals surface area contributed by atoms with Gasteiger partial charge in [-0.3, -0.25) is 14.5 Å². The van der Waals surface area contributed by atoms with Crippen molar-refractivity contribution in [2.24, 2.45) is 5.92 Å². The SMILES string of the molecule is CC1CCCN(Cc2ccc(NC(=O)c3ccc(CNC(=O)c4cccs4)cc3)cc2)C1. The van der Waals surface area contributed by atoms with Crippen LogP contribution in [0.2, 0.25) is 0 Å². The fraction of sp³-hybridized carbons (Fsp3) is 0.308. The summed E-state index contributed by atoms with van der Waals surface area (Å²) in [4.78, 5) is 27.8. The van der Waals surface area contributed by atoms with Gasteiger partial charge in [-0.15, -0.1) is 11.3 Å². The normalized spacial score (nSPS) is 16.5. The molecule has 6 heteroatoms. The monoisotopic (exact) mass is 447 g/mol. The van der Waals surface area contributed by atoms with E-state index in [1.165, 1.54) is 29.7 Å². The van der Waals surface area contributed by atoms with Gasteiger partial charge in [0.25, 0.3) is 11.8 Å². The van der Waals surface area contributed by atoms with Crippen molar-refractivity contribution in [3.63, 3.8) is 0 Å². The standard InChI is InChI=1S/C26H29N3O2S/c1-19-4-2-14-29(17-19)18-21-8-12-23(13-9-21)28-25(30)22-10-6-20(7-11-22)16-27-26(31)24-5-3-15-32-24/h3,5-13,15,19H,2,4,14,16-18H2,1H3,(H,27,31)(H,28,30). The van der Waals surface area contributed by atoms with Crippen LogP contribution in [0.25, 0.3) is 0 Å². The minimum Gasteiger partial charge on any atom is -0.347 e. The molecule has 1 atom stereocenters. The highest BCUT2D eigenvalue weighted by molar-refractivity contribution is 7.12. The highest BCUT2D eigenvalue weighted by Gasteiger charge is 2.16. The quantitative estimate of drug-likeness (QED) is 0.526. The van der Waals surface area contributed by atoms with E-state index in [-0.39, 0.29) is 11.8 Å². The maximum atomic E-state index is 12.6. The maximum absolute atomic E-state index is 12.6. The van der Waals surface area contributed by atoms with E-state index < -0.39 is 0 Å². The Balaban J connectivity index is 1.27. The highest BCUT2D eigenvalue weighted by atomic mass is 32.1. The summed E-state index contributed by atoms with van der Waals surface area (Å²) >= 11 is 1.42. The number of rotatable bonds is 7. The van der Waals surface area contributed by atoms with E-state index in [1.54, 1.807) is 18.2 Å². The van der Waals surface area contributed by atoms with E-state index in [1.807, 2.05) is 35.7 Å². The Bertz CT molecular complexity index is 1030. The summed E-state index contributed by atoms with van der Waals surface area (Å²) in [5.74, 6) is 0.544. The van der Waals surface area contributed by atoms with Crippen molar-refractivity contribution in [3.05, 3.63) is 87.6 Å². The van der Waals surface area contributed by atoms with Crippen molar-refractivity contribution in [1.29, 1.82) is 0 Å². The molecule has 3 aromatic rings. The summed E-state index contributed by atoms with van der Waals surface area (Å²) in [5, 5.41) is 7.74. The molecule has 32 heavy (non-hydrogen) atoms. The van der Waals surface area contributed by atoms with Crippen LogP contribution in [0.3, 0.4) is 0 Å².